The Morgan fingerprint density at radius 3 is 2.67 bits per heavy atom. The first-order chi connectivity index (χ1) is 8.43. The highest BCUT2D eigenvalue weighted by Crippen LogP contribution is 2.21. The minimum atomic E-state index is -0.831. The molecule has 4 heteroatoms. The van der Waals surface area contributed by atoms with Crippen molar-refractivity contribution in [1.82, 2.24) is 5.32 Å². The summed E-state index contributed by atoms with van der Waals surface area (Å²) < 4.78 is 0. The summed E-state index contributed by atoms with van der Waals surface area (Å²) in [5.41, 5.74) is 1.11. The Labute approximate surface area is 113 Å². The van der Waals surface area contributed by atoms with Crippen molar-refractivity contribution in [2.24, 2.45) is 5.92 Å². The predicted octanol–water partition coefficient (Wildman–Crippen LogP) is 3.67. The van der Waals surface area contributed by atoms with E-state index in [2.05, 4.69) is 26.1 Å². The Morgan fingerprint density at radius 2 is 2.17 bits per heavy atom. The van der Waals surface area contributed by atoms with E-state index in [-0.39, 0.29) is 0 Å². The molecule has 102 valence electrons. The number of hydrogen-bond donors (Lipinski definition) is 2. The molecule has 18 heavy (non-hydrogen) atoms. The van der Waals surface area contributed by atoms with Crippen LogP contribution in [0, 0.1) is 12.8 Å². The van der Waals surface area contributed by atoms with E-state index in [4.69, 9.17) is 5.11 Å². The van der Waals surface area contributed by atoms with E-state index in [1.807, 2.05) is 6.92 Å². The van der Waals surface area contributed by atoms with Gasteiger partial charge in [0, 0.05) is 17.5 Å². The van der Waals surface area contributed by atoms with Crippen molar-refractivity contribution in [3.63, 3.8) is 0 Å². The highest BCUT2D eigenvalue weighted by atomic mass is 32.1. The molecule has 0 aliphatic heterocycles. The van der Waals surface area contributed by atoms with Crippen molar-refractivity contribution in [3.05, 3.63) is 21.4 Å². The van der Waals surface area contributed by atoms with Crippen molar-refractivity contribution < 1.29 is 9.90 Å². The fourth-order valence-corrected chi connectivity index (χ4v) is 2.82. The van der Waals surface area contributed by atoms with Gasteiger partial charge in [0.15, 0.2) is 0 Å². The maximum atomic E-state index is 10.9. The summed E-state index contributed by atoms with van der Waals surface area (Å²) in [6.45, 7) is 9.39. The minimum absolute atomic E-state index is 0.430. The van der Waals surface area contributed by atoms with E-state index < -0.39 is 5.97 Å². The predicted molar refractivity (Wildman–Crippen MR) is 76.4 cm³/mol. The first kappa shape index (κ1) is 15.2. The first-order valence-electron chi connectivity index (χ1n) is 6.50. The van der Waals surface area contributed by atoms with Gasteiger partial charge in [0.25, 0.3) is 0 Å². The SMILES string of the molecule is CCC(C)CC(C)NCc1cc(C(=O)O)sc1C. The van der Waals surface area contributed by atoms with Gasteiger partial charge in [-0.1, -0.05) is 20.3 Å². The molecule has 0 fully saturated rings. The van der Waals surface area contributed by atoms with Crippen LogP contribution in [0.5, 0.6) is 0 Å². The molecule has 3 nitrogen and oxygen atoms in total. The molecule has 0 aliphatic rings. The van der Waals surface area contributed by atoms with Gasteiger partial charge in [-0.2, -0.15) is 0 Å². The highest BCUT2D eigenvalue weighted by molar-refractivity contribution is 7.14. The molecule has 0 spiro atoms. The Balaban J connectivity index is 2.50. The smallest absolute Gasteiger partial charge is 0.345 e. The molecule has 1 heterocycles. The largest absolute Gasteiger partial charge is 0.477 e. The number of aryl methyl sites for hydroxylation is 1. The third-order valence-corrected chi connectivity index (χ3v) is 4.41. The van der Waals surface area contributed by atoms with Crippen molar-refractivity contribution >= 4 is 17.3 Å². The Morgan fingerprint density at radius 1 is 1.50 bits per heavy atom. The third-order valence-electron chi connectivity index (χ3n) is 3.33. The molecule has 0 radical (unpaired) electrons. The Hall–Kier alpha value is -0.870. The summed E-state index contributed by atoms with van der Waals surface area (Å²) in [6.07, 6.45) is 2.36. The average molecular weight is 269 g/mol. The van der Waals surface area contributed by atoms with E-state index in [0.717, 1.165) is 29.3 Å². The molecule has 1 rings (SSSR count). The first-order valence-corrected chi connectivity index (χ1v) is 7.31. The second kappa shape index (κ2) is 6.90. The Bertz CT molecular complexity index is 400. The van der Waals surface area contributed by atoms with Crippen LogP contribution in [-0.2, 0) is 6.54 Å². The maximum absolute atomic E-state index is 10.9. The van der Waals surface area contributed by atoms with E-state index in [0.29, 0.717) is 10.9 Å². The number of carbonyl (C=O) groups is 1. The van der Waals surface area contributed by atoms with Crippen LogP contribution in [0.2, 0.25) is 0 Å². The van der Waals surface area contributed by atoms with Gasteiger partial charge in [0.2, 0.25) is 0 Å². The average Bonchev–Trinajstić information content (AvgIpc) is 2.68. The number of rotatable bonds is 7. The van der Waals surface area contributed by atoms with Crippen molar-refractivity contribution in [2.45, 2.75) is 53.1 Å². The summed E-state index contributed by atoms with van der Waals surface area (Å²) in [7, 11) is 0. The zero-order chi connectivity index (χ0) is 13.7. The molecule has 2 N–H and O–H groups in total. The molecule has 2 atom stereocenters. The molecular weight excluding hydrogens is 246 g/mol. The van der Waals surface area contributed by atoms with Gasteiger partial charge < -0.3 is 10.4 Å². The van der Waals surface area contributed by atoms with Crippen LogP contribution in [0.25, 0.3) is 0 Å². The van der Waals surface area contributed by atoms with Crippen molar-refractivity contribution in [1.29, 1.82) is 0 Å². The molecule has 1 aromatic rings. The summed E-state index contributed by atoms with van der Waals surface area (Å²) in [5.74, 6) is -0.104. The quantitative estimate of drug-likeness (QED) is 0.794. The molecular formula is C14H23NO2S. The number of thiophene rings is 1. The van der Waals surface area contributed by atoms with Gasteiger partial charge in [-0.3, -0.25) is 0 Å². The standard InChI is InChI=1S/C14H23NO2S/c1-5-9(2)6-10(3)15-8-12-7-13(14(16)17)18-11(12)4/h7,9-10,15H,5-6,8H2,1-4H3,(H,16,17). The van der Waals surface area contributed by atoms with Crippen LogP contribution < -0.4 is 5.32 Å². The lowest BCUT2D eigenvalue weighted by Gasteiger charge is -2.17. The van der Waals surface area contributed by atoms with Crippen LogP contribution >= 0.6 is 11.3 Å². The topological polar surface area (TPSA) is 49.3 Å². The van der Waals surface area contributed by atoms with Gasteiger partial charge in [-0.15, -0.1) is 11.3 Å². The number of hydrogen-bond acceptors (Lipinski definition) is 3. The van der Waals surface area contributed by atoms with Crippen LogP contribution in [-0.4, -0.2) is 17.1 Å². The second-order valence-electron chi connectivity index (χ2n) is 5.03. The number of carboxylic acids is 1. The normalized spacial score (nSPS) is 14.4. The zero-order valence-corrected chi connectivity index (χ0v) is 12.4. The molecule has 0 aliphatic carbocycles. The fraction of sp³-hybridized carbons (Fsp3) is 0.643. The molecule has 0 bridgehead atoms. The van der Waals surface area contributed by atoms with E-state index in [1.54, 1.807) is 6.07 Å². The lowest BCUT2D eigenvalue weighted by Crippen LogP contribution is -2.27. The molecule has 0 aromatic carbocycles. The van der Waals surface area contributed by atoms with Crippen molar-refractivity contribution in [2.75, 3.05) is 0 Å². The lowest BCUT2D eigenvalue weighted by molar-refractivity contribution is 0.0702. The number of nitrogens with one attached hydrogen (secondary N) is 1. The van der Waals surface area contributed by atoms with E-state index in [9.17, 15) is 4.79 Å². The monoisotopic (exact) mass is 269 g/mol. The highest BCUT2D eigenvalue weighted by Gasteiger charge is 2.12. The number of aromatic carboxylic acids is 1. The van der Waals surface area contributed by atoms with E-state index >= 15 is 0 Å². The van der Waals surface area contributed by atoms with Gasteiger partial charge in [0.1, 0.15) is 4.88 Å². The lowest BCUT2D eigenvalue weighted by atomic mass is 10.0. The van der Waals surface area contributed by atoms with Crippen LogP contribution in [0.4, 0.5) is 0 Å². The summed E-state index contributed by atoms with van der Waals surface area (Å²) >= 11 is 1.35. The number of carboxylic acid groups (broad SMARTS) is 1. The molecule has 1 aromatic heterocycles. The summed E-state index contributed by atoms with van der Waals surface area (Å²) in [4.78, 5) is 12.4. The molecule has 0 saturated carbocycles. The maximum Gasteiger partial charge on any atom is 0.345 e. The second-order valence-corrected chi connectivity index (χ2v) is 6.28. The summed E-state index contributed by atoms with van der Waals surface area (Å²) in [5, 5.41) is 12.4. The molecule has 0 saturated heterocycles. The third kappa shape index (κ3) is 4.42. The van der Waals surface area contributed by atoms with Gasteiger partial charge in [-0.05, 0) is 37.8 Å². The van der Waals surface area contributed by atoms with Crippen molar-refractivity contribution in [3.8, 4) is 0 Å². The van der Waals surface area contributed by atoms with Gasteiger partial charge >= 0.3 is 5.97 Å². The fourth-order valence-electron chi connectivity index (χ4n) is 1.94. The summed E-state index contributed by atoms with van der Waals surface area (Å²) in [6, 6.07) is 2.25. The Kier molecular flexibility index (Phi) is 5.82. The van der Waals surface area contributed by atoms with Crippen LogP contribution in [0.1, 0.15) is 53.7 Å². The minimum Gasteiger partial charge on any atom is -0.477 e. The van der Waals surface area contributed by atoms with E-state index in [1.165, 1.54) is 17.8 Å². The van der Waals surface area contributed by atoms with Gasteiger partial charge in [-0.25, -0.2) is 4.79 Å². The molecule has 2 unspecified atom stereocenters. The van der Waals surface area contributed by atoms with Gasteiger partial charge in [0.05, 0.1) is 0 Å². The van der Waals surface area contributed by atoms with Crippen LogP contribution in [0.3, 0.4) is 0 Å². The zero-order valence-electron chi connectivity index (χ0n) is 11.6. The van der Waals surface area contributed by atoms with Crippen LogP contribution in [0.15, 0.2) is 6.07 Å². The molecule has 0 amide bonds.